The molecule has 1 aromatic carbocycles. The van der Waals surface area contributed by atoms with Crippen molar-refractivity contribution in [3.63, 3.8) is 0 Å². The van der Waals surface area contributed by atoms with Crippen molar-refractivity contribution in [2.75, 3.05) is 10.6 Å². The van der Waals surface area contributed by atoms with E-state index in [-0.39, 0.29) is 0 Å². The van der Waals surface area contributed by atoms with Crippen molar-refractivity contribution >= 4 is 40.3 Å². The predicted octanol–water partition coefficient (Wildman–Crippen LogP) is 3.50. The topological polar surface area (TPSA) is 41.9 Å². The van der Waals surface area contributed by atoms with Crippen LogP contribution in [-0.4, -0.2) is 14.9 Å². The van der Waals surface area contributed by atoms with E-state index in [9.17, 15) is 0 Å². The van der Waals surface area contributed by atoms with Crippen LogP contribution in [0.2, 0.25) is 5.02 Å². The van der Waals surface area contributed by atoms with Crippen molar-refractivity contribution in [2.45, 2.75) is 13.8 Å². The molecule has 0 spiro atoms. The van der Waals surface area contributed by atoms with Gasteiger partial charge in [0.15, 0.2) is 5.11 Å². The smallest absolute Gasteiger partial charge is 0.175 e. The van der Waals surface area contributed by atoms with E-state index in [1.807, 2.05) is 45.3 Å². The van der Waals surface area contributed by atoms with Crippen molar-refractivity contribution in [3.05, 3.63) is 40.7 Å². The number of nitrogens with one attached hydrogen (secondary N) is 2. The number of anilines is 2. The van der Waals surface area contributed by atoms with Crippen LogP contribution >= 0.6 is 23.8 Å². The van der Waals surface area contributed by atoms with Crippen LogP contribution in [0.25, 0.3) is 0 Å². The summed E-state index contributed by atoms with van der Waals surface area (Å²) in [5, 5.41) is 11.7. The van der Waals surface area contributed by atoms with Crippen molar-refractivity contribution < 1.29 is 0 Å². The molecule has 0 saturated heterocycles. The van der Waals surface area contributed by atoms with Crippen molar-refractivity contribution in [3.8, 4) is 0 Å². The van der Waals surface area contributed by atoms with E-state index in [1.165, 1.54) is 0 Å². The molecule has 1 heterocycles. The molecule has 6 heteroatoms. The monoisotopic (exact) mass is 294 g/mol. The summed E-state index contributed by atoms with van der Waals surface area (Å²) in [5.74, 6) is 0. The highest BCUT2D eigenvalue weighted by atomic mass is 35.5. The average Bonchev–Trinajstić information content (AvgIpc) is 2.62. The van der Waals surface area contributed by atoms with Gasteiger partial charge in [-0.15, -0.1) is 0 Å². The van der Waals surface area contributed by atoms with Crippen LogP contribution in [0.3, 0.4) is 0 Å². The maximum atomic E-state index is 6.07. The number of thiocarbonyl (C=S) groups is 1. The quantitative estimate of drug-likeness (QED) is 0.832. The summed E-state index contributed by atoms with van der Waals surface area (Å²) in [7, 11) is 1.87. The first-order valence-corrected chi connectivity index (χ1v) is 6.59. The van der Waals surface area contributed by atoms with Crippen LogP contribution in [0.4, 0.5) is 11.4 Å². The van der Waals surface area contributed by atoms with Gasteiger partial charge in [0, 0.05) is 24.0 Å². The molecule has 2 N–H and O–H groups in total. The number of aromatic nitrogens is 2. The first-order valence-electron chi connectivity index (χ1n) is 5.80. The lowest BCUT2D eigenvalue weighted by Gasteiger charge is -2.10. The maximum Gasteiger partial charge on any atom is 0.175 e. The number of rotatable bonds is 2. The zero-order valence-corrected chi connectivity index (χ0v) is 12.6. The molecule has 100 valence electrons. The van der Waals surface area contributed by atoms with E-state index < -0.39 is 0 Å². The third-order valence-electron chi connectivity index (χ3n) is 2.69. The van der Waals surface area contributed by atoms with Crippen LogP contribution in [0.1, 0.15) is 11.3 Å². The molecule has 19 heavy (non-hydrogen) atoms. The van der Waals surface area contributed by atoms with Crippen LogP contribution in [0.5, 0.6) is 0 Å². The normalized spacial score (nSPS) is 10.3. The number of nitrogens with zero attached hydrogens (tertiary/aromatic N) is 2. The van der Waals surface area contributed by atoms with Gasteiger partial charge in [-0.2, -0.15) is 5.10 Å². The van der Waals surface area contributed by atoms with E-state index in [0.717, 1.165) is 22.6 Å². The minimum atomic E-state index is 0.510. The summed E-state index contributed by atoms with van der Waals surface area (Å²) < 4.78 is 1.74. The van der Waals surface area contributed by atoms with Crippen molar-refractivity contribution in [1.29, 1.82) is 0 Å². The first kappa shape index (κ1) is 13.8. The molecule has 0 aliphatic carbocycles. The van der Waals surface area contributed by atoms with Gasteiger partial charge in [0.05, 0.1) is 11.4 Å². The lowest BCUT2D eigenvalue weighted by atomic mass is 10.2. The Hall–Kier alpha value is -1.59. The second-order valence-corrected chi connectivity index (χ2v) is 5.16. The van der Waals surface area contributed by atoms with Gasteiger partial charge in [0.25, 0.3) is 0 Å². The third-order valence-corrected chi connectivity index (χ3v) is 3.30. The van der Waals surface area contributed by atoms with Gasteiger partial charge in [-0.1, -0.05) is 17.7 Å². The van der Waals surface area contributed by atoms with E-state index in [0.29, 0.717) is 10.1 Å². The van der Waals surface area contributed by atoms with E-state index in [4.69, 9.17) is 23.8 Å². The van der Waals surface area contributed by atoms with Crippen LogP contribution in [0.15, 0.2) is 24.4 Å². The first-order chi connectivity index (χ1) is 8.95. The SMILES string of the molecule is Cc1ccc(NC(=S)Nc2cn(C)nc2C)cc1Cl. The Morgan fingerprint density at radius 1 is 1.32 bits per heavy atom. The molecule has 1 aromatic heterocycles. The molecular weight excluding hydrogens is 280 g/mol. The van der Waals surface area contributed by atoms with Crippen LogP contribution in [-0.2, 0) is 7.05 Å². The third kappa shape index (κ3) is 3.45. The number of hydrogen-bond donors (Lipinski definition) is 2. The second-order valence-electron chi connectivity index (χ2n) is 4.34. The standard InChI is InChI=1S/C13H15ClN4S/c1-8-4-5-10(6-11(8)14)15-13(19)16-12-7-18(3)17-9(12)2/h4-7H,1-3H3,(H2,15,16,19). The summed E-state index contributed by atoms with van der Waals surface area (Å²) in [6.45, 7) is 3.88. The van der Waals surface area contributed by atoms with Gasteiger partial charge < -0.3 is 10.6 Å². The lowest BCUT2D eigenvalue weighted by Crippen LogP contribution is -2.19. The molecular formula is C13H15ClN4S. The van der Waals surface area contributed by atoms with E-state index in [2.05, 4.69) is 15.7 Å². The Kier molecular flexibility index (Phi) is 4.07. The number of hydrogen-bond acceptors (Lipinski definition) is 2. The molecule has 4 nitrogen and oxygen atoms in total. The highest BCUT2D eigenvalue weighted by molar-refractivity contribution is 7.80. The number of halogens is 1. The van der Waals surface area contributed by atoms with Gasteiger partial charge in [0.2, 0.25) is 0 Å². The van der Waals surface area contributed by atoms with Crippen molar-refractivity contribution in [2.24, 2.45) is 7.05 Å². The highest BCUT2D eigenvalue weighted by Crippen LogP contribution is 2.20. The Morgan fingerprint density at radius 2 is 2.05 bits per heavy atom. The molecule has 0 aliphatic rings. The summed E-state index contributed by atoms with van der Waals surface area (Å²) in [4.78, 5) is 0. The predicted molar refractivity (Wildman–Crippen MR) is 84.0 cm³/mol. The summed E-state index contributed by atoms with van der Waals surface area (Å²) >= 11 is 11.3. The number of benzene rings is 1. The fourth-order valence-corrected chi connectivity index (χ4v) is 2.09. The number of aryl methyl sites for hydroxylation is 3. The zero-order valence-electron chi connectivity index (χ0n) is 11.0. The van der Waals surface area contributed by atoms with Crippen LogP contribution in [0, 0.1) is 13.8 Å². The fourth-order valence-electron chi connectivity index (χ4n) is 1.68. The molecule has 0 saturated carbocycles. The van der Waals surface area contributed by atoms with Crippen LogP contribution < -0.4 is 10.6 Å². The lowest BCUT2D eigenvalue weighted by molar-refractivity contribution is 0.756. The molecule has 2 aromatic rings. The second kappa shape index (κ2) is 5.59. The van der Waals surface area contributed by atoms with Gasteiger partial charge in [-0.05, 0) is 43.8 Å². The Balaban J connectivity index is 2.05. The largest absolute Gasteiger partial charge is 0.332 e. The molecule has 0 fully saturated rings. The molecule has 2 rings (SSSR count). The minimum absolute atomic E-state index is 0.510. The maximum absolute atomic E-state index is 6.07. The average molecular weight is 295 g/mol. The van der Waals surface area contributed by atoms with Crippen molar-refractivity contribution in [1.82, 2.24) is 9.78 Å². The molecule has 0 unspecified atom stereocenters. The van der Waals surface area contributed by atoms with E-state index >= 15 is 0 Å². The summed E-state index contributed by atoms with van der Waals surface area (Å²) in [6, 6.07) is 5.73. The Bertz CT molecular complexity index is 621. The van der Waals surface area contributed by atoms with Gasteiger partial charge in [-0.3, -0.25) is 4.68 Å². The van der Waals surface area contributed by atoms with E-state index in [1.54, 1.807) is 4.68 Å². The molecule has 0 atom stereocenters. The Labute approximate surface area is 122 Å². The molecule has 0 radical (unpaired) electrons. The molecule has 0 amide bonds. The fraction of sp³-hybridized carbons (Fsp3) is 0.231. The van der Waals surface area contributed by atoms with Gasteiger partial charge in [0.1, 0.15) is 0 Å². The molecule has 0 bridgehead atoms. The highest BCUT2D eigenvalue weighted by Gasteiger charge is 2.05. The Morgan fingerprint density at radius 3 is 2.63 bits per heavy atom. The summed E-state index contributed by atoms with van der Waals surface area (Å²) in [6.07, 6.45) is 1.88. The zero-order chi connectivity index (χ0) is 14.0. The molecule has 0 aliphatic heterocycles. The minimum Gasteiger partial charge on any atom is -0.332 e. The van der Waals surface area contributed by atoms with Gasteiger partial charge in [-0.25, -0.2) is 0 Å². The summed E-state index contributed by atoms with van der Waals surface area (Å²) in [5.41, 5.74) is 3.68. The van der Waals surface area contributed by atoms with Gasteiger partial charge >= 0.3 is 0 Å².